The van der Waals surface area contributed by atoms with Crippen molar-refractivity contribution in [2.45, 2.75) is 58.2 Å². The van der Waals surface area contributed by atoms with Crippen LogP contribution in [-0.2, 0) is 19.2 Å². The van der Waals surface area contributed by atoms with Gasteiger partial charge in [-0.05, 0) is 25.7 Å². The molecule has 0 aromatic rings. The van der Waals surface area contributed by atoms with Crippen LogP contribution in [0.4, 0.5) is 0 Å². The summed E-state index contributed by atoms with van der Waals surface area (Å²) in [5.41, 5.74) is 5.31. The Morgan fingerprint density at radius 3 is 2.00 bits per heavy atom. The van der Waals surface area contributed by atoms with E-state index < -0.39 is 41.9 Å². The lowest BCUT2D eigenvalue weighted by molar-refractivity contribution is -0.143. The summed E-state index contributed by atoms with van der Waals surface area (Å²) < 4.78 is 0. The van der Waals surface area contributed by atoms with Crippen molar-refractivity contribution in [2.24, 2.45) is 11.7 Å². The topological polar surface area (TPSA) is 159 Å². The maximum Gasteiger partial charge on any atom is 0.326 e. The molecule has 0 unspecified atom stereocenters. The SMILES string of the molecule is CC(C)[C@@H](NC(=O)[C@H](C)NC(=O)CCC[C@H](N)C(=O)O)C(=O)O. The van der Waals surface area contributed by atoms with Crippen molar-refractivity contribution in [3.63, 3.8) is 0 Å². The quantitative estimate of drug-likeness (QED) is 0.354. The van der Waals surface area contributed by atoms with Gasteiger partial charge in [0.15, 0.2) is 0 Å². The van der Waals surface area contributed by atoms with Crippen molar-refractivity contribution in [2.75, 3.05) is 0 Å². The van der Waals surface area contributed by atoms with Crippen LogP contribution in [0.1, 0.15) is 40.0 Å². The summed E-state index contributed by atoms with van der Waals surface area (Å²) in [6, 6.07) is -2.95. The Kier molecular flexibility index (Phi) is 8.86. The number of hydrogen-bond donors (Lipinski definition) is 5. The van der Waals surface area contributed by atoms with Crippen molar-refractivity contribution < 1.29 is 29.4 Å². The number of hydrogen-bond acceptors (Lipinski definition) is 5. The zero-order valence-corrected chi connectivity index (χ0v) is 13.5. The fourth-order valence-electron chi connectivity index (χ4n) is 1.78. The van der Waals surface area contributed by atoms with Crippen molar-refractivity contribution in [3.05, 3.63) is 0 Å². The van der Waals surface area contributed by atoms with Gasteiger partial charge in [0.2, 0.25) is 11.8 Å². The number of nitrogens with two attached hydrogens (primary N) is 1. The molecule has 0 rings (SSSR count). The summed E-state index contributed by atoms with van der Waals surface area (Å²) in [4.78, 5) is 45.1. The monoisotopic (exact) mass is 331 g/mol. The van der Waals surface area contributed by atoms with E-state index >= 15 is 0 Å². The summed E-state index contributed by atoms with van der Waals surface area (Å²) in [6.07, 6.45) is 0.459. The molecular weight excluding hydrogens is 306 g/mol. The van der Waals surface area contributed by atoms with Crippen LogP contribution in [0.25, 0.3) is 0 Å². The van der Waals surface area contributed by atoms with Crippen molar-refractivity contribution >= 4 is 23.8 Å². The summed E-state index contributed by atoms with van der Waals surface area (Å²) in [6.45, 7) is 4.76. The van der Waals surface area contributed by atoms with Crippen molar-refractivity contribution in [1.29, 1.82) is 0 Å². The first-order valence-corrected chi connectivity index (χ1v) is 7.37. The summed E-state index contributed by atoms with van der Waals surface area (Å²) in [5.74, 6) is -3.60. The van der Waals surface area contributed by atoms with Crippen LogP contribution >= 0.6 is 0 Å². The second-order valence-corrected chi connectivity index (χ2v) is 5.69. The number of carboxylic acid groups (broad SMARTS) is 2. The highest BCUT2D eigenvalue weighted by Crippen LogP contribution is 2.03. The Bertz CT molecular complexity index is 452. The van der Waals surface area contributed by atoms with Gasteiger partial charge in [-0.1, -0.05) is 13.8 Å². The van der Waals surface area contributed by atoms with E-state index in [0.29, 0.717) is 0 Å². The number of nitrogens with one attached hydrogen (secondary N) is 2. The van der Waals surface area contributed by atoms with Crippen LogP contribution in [0.5, 0.6) is 0 Å². The normalized spacial score (nSPS) is 14.7. The van der Waals surface area contributed by atoms with Crippen molar-refractivity contribution in [1.82, 2.24) is 10.6 Å². The molecule has 132 valence electrons. The molecule has 0 aromatic heterocycles. The molecule has 0 fully saturated rings. The third kappa shape index (κ3) is 8.15. The third-order valence-corrected chi connectivity index (χ3v) is 3.24. The number of carboxylic acids is 2. The number of carbonyl (C=O) groups is 4. The molecule has 6 N–H and O–H groups in total. The van der Waals surface area contributed by atoms with Crippen LogP contribution in [-0.4, -0.2) is 52.1 Å². The lowest BCUT2D eigenvalue weighted by Gasteiger charge is -2.21. The number of carbonyl (C=O) groups excluding carboxylic acids is 2. The minimum absolute atomic E-state index is 0.0329. The highest BCUT2D eigenvalue weighted by molar-refractivity contribution is 5.90. The van der Waals surface area contributed by atoms with E-state index in [4.69, 9.17) is 15.9 Å². The Morgan fingerprint density at radius 1 is 1.00 bits per heavy atom. The molecule has 0 heterocycles. The molecule has 0 aliphatic carbocycles. The van der Waals surface area contributed by atoms with Crippen LogP contribution in [0.3, 0.4) is 0 Å². The van der Waals surface area contributed by atoms with E-state index in [1.165, 1.54) is 6.92 Å². The summed E-state index contributed by atoms with van der Waals surface area (Å²) in [5, 5.41) is 22.4. The summed E-state index contributed by atoms with van der Waals surface area (Å²) in [7, 11) is 0. The Morgan fingerprint density at radius 2 is 1.57 bits per heavy atom. The maximum absolute atomic E-state index is 11.9. The zero-order valence-electron chi connectivity index (χ0n) is 13.5. The predicted octanol–water partition coefficient (Wildman–Crippen LogP) is -0.701. The third-order valence-electron chi connectivity index (χ3n) is 3.24. The average molecular weight is 331 g/mol. The van der Waals surface area contributed by atoms with E-state index in [0.717, 1.165) is 0 Å². The van der Waals surface area contributed by atoms with E-state index in [9.17, 15) is 19.2 Å². The van der Waals surface area contributed by atoms with E-state index in [1.807, 2.05) is 0 Å². The predicted molar refractivity (Wildman–Crippen MR) is 81.5 cm³/mol. The highest BCUT2D eigenvalue weighted by atomic mass is 16.4. The molecule has 3 atom stereocenters. The molecule has 0 saturated carbocycles. The minimum atomic E-state index is -1.14. The fourth-order valence-corrected chi connectivity index (χ4v) is 1.78. The second-order valence-electron chi connectivity index (χ2n) is 5.69. The molecule has 0 aromatic carbocycles. The molecule has 0 radical (unpaired) electrons. The van der Waals surface area contributed by atoms with Crippen LogP contribution in [0, 0.1) is 5.92 Å². The Balaban J connectivity index is 4.28. The second kappa shape index (κ2) is 9.78. The summed E-state index contributed by atoms with van der Waals surface area (Å²) >= 11 is 0. The highest BCUT2D eigenvalue weighted by Gasteiger charge is 2.26. The number of aliphatic carboxylic acids is 2. The van der Waals surface area contributed by atoms with Gasteiger partial charge in [-0.3, -0.25) is 14.4 Å². The van der Waals surface area contributed by atoms with Gasteiger partial charge < -0.3 is 26.6 Å². The van der Waals surface area contributed by atoms with Gasteiger partial charge in [0.05, 0.1) is 0 Å². The first-order valence-electron chi connectivity index (χ1n) is 7.37. The zero-order chi connectivity index (χ0) is 18.2. The lowest BCUT2D eigenvalue weighted by Crippen LogP contribution is -2.52. The lowest BCUT2D eigenvalue weighted by atomic mass is 10.0. The van der Waals surface area contributed by atoms with Gasteiger partial charge in [-0.15, -0.1) is 0 Å². The number of rotatable bonds is 10. The van der Waals surface area contributed by atoms with Gasteiger partial charge in [0, 0.05) is 6.42 Å². The van der Waals surface area contributed by atoms with Crippen LogP contribution in [0.2, 0.25) is 0 Å². The fraction of sp³-hybridized carbons (Fsp3) is 0.714. The van der Waals surface area contributed by atoms with E-state index in [1.54, 1.807) is 13.8 Å². The maximum atomic E-state index is 11.9. The standard InChI is InChI=1S/C14H25N3O6/c1-7(2)11(14(22)23)17-12(19)8(3)16-10(18)6-4-5-9(15)13(20)21/h7-9,11H,4-6,15H2,1-3H3,(H,16,18)(H,17,19)(H,20,21)(H,22,23)/t8-,9-,11+/m0/s1. The average Bonchev–Trinajstić information content (AvgIpc) is 2.43. The van der Waals surface area contributed by atoms with E-state index in [2.05, 4.69) is 10.6 Å². The molecule has 9 heteroatoms. The van der Waals surface area contributed by atoms with Gasteiger partial charge in [-0.2, -0.15) is 0 Å². The Hall–Kier alpha value is -2.16. The van der Waals surface area contributed by atoms with Crippen LogP contribution in [0.15, 0.2) is 0 Å². The van der Waals surface area contributed by atoms with Gasteiger partial charge >= 0.3 is 11.9 Å². The molecule has 9 nitrogen and oxygen atoms in total. The van der Waals surface area contributed by atoms with Crippen molar-refractivity contribution in [3.8, 4) is 0 Å². The smallest absolute Gasteiger partial charge is 0.326 e. The molecule has 0 spiro atoms. The molecule has 2 amide bonds. The molecule has 23 heavy (non-hydrogen) atoms. The molecule has 0 aliphatic rings. The van der Waals surface area contributed by atoms with Gasteiger partial charge in [-0.25, -0.2) is 4.79 Å². The molecule has 0 bridgehead atoms. The first kappa shape index (κ1) is 20.8. The molecule has 0 aliphatic heterocycles. The Labute approximate surface area is 134 Å². The van der Waals surface area contributed by atoms with Gasteiger partial charge in [0.1, 0.15) is 18.1 Å². The van der Waals surface area contributed by atoms with Gasteiger partial charge in [0.25, 0.3) is 0 Å². The molecule has 0 saturated heterocycles. The largest absolute Gasteiger partial charge is 0.480 e. The molecular formula is C14H25N3O6. The first-order chi connectivity index (χ1) is 10.6. The minimum Gasteiger partial charge on any atom is -0.480 e. The van der Waals surface area contributed by atoms with Crippen LogP contribution < -0.4 is 16.4 Å². The number of amides is 2. The van der Waals surface area contributed by atoms with E-state index in [-0.39, 0.29) is 25.2 Å².